The van der Waals surface area contributed by atoms with E-state index in [0.29, 0.717) is 0 Å². The van der Waals surface area contributed by atoms with Crippen LogP contribution in [-0.2, 0) is 0 Å². The summed E-state index contributed by atoms with van der Waals surface area (Å²) in [6.07, 6.45) is 2.71. The fourth-order valence-corrected chi connectivity index (χ4v) is 1.67. The second-order valence-electron chi connectivity index (χ2n) is 4.20. The molecule has 0 heterocycles. The average Bonchev–Trinajstić information content (AvgIpc) is 2.38. The zero-order chi connectivity index (χ0) is 13.8. The molecule has 0 aliphatic rings. The van der Waals surface area contributed by atoms with Crippen LogP contribution >= 0.6 is 0 Å². The van der Waals surface area contributed by atoms with Gasteiger partial charge >= 0.3 is 0 Å². The summed E-state index contributed by atoms with van der Waals surface area (Å²) in [5, 5.41) is 0. The number of ketones is 1. The van der Waals surface area contributed by atoms with Gasteiger partial charge in [-0.2, -0.15) is 0 Å². The molecule has 0 aromatic heterocycles. The lowest BCUT2D eigenvalue weighted by molar-refractivity contribution is 0.104. The number of carbonyl (C=O) groups excluding carboxylic acids is 1. The van der Waals surface area contributed by atoms with Crippen molar-refractivity contribution in [2.24, 2.45) is 0 Å². The molecule has 0 saturated carbocycles. The zero-order valence-corrected chi connectivity index (χ0v) is 10.4. The molecule has 96 valence electrons. The Kier molecular flexibility index (Phi) is 3.85. The molecule has 0 N–H and O–H groups in total. The molecule has 1 nitrogen and oxygen atoms in total. The molecule has 0 aliphatic carbocycles. The number of benzene rings is 2. The van der Waals surface area contributed by atoms with Crippen molar-refractivity contribution in [3.8, 4) is 0 Å². The van der Waals surface area contributed by atoms with Crippen LogP contribution in [0.2, 0.25) is 0 Å². The summed E-state index contributed by atoms with van der Waals surface area (Å²) in [6.45, 7) is 1.95. The van der Waals surface area contributed by atoms with Gasteiger partial charge in [0.05, 0.1) is 5.56 Å². The third-order valence-corrected chi connectivity index (χ3v) is 2.71. The van der Waals surface area contributed by atoms with E-state index < -0.39 is 23.0 Å². The minimum atomic E-state index is -0.849. The number of halogens is 2. The smallest absolute Gasteiger partial charge is 0.191 e. The Hall–Kier alpha value is -2.29. The molecule has 0 radical (unpaired) electrons. The van der Waals surface area contributed by atoms with Gasteiger partial charge in [0.25, 0.3) is 0 Å². The fraction of sp³-hybridized carbons (Fsp3) is 0.0625. The summed E-state index contributed by atoms with van der Waals surface area (Å²) in [7, 11) is 0. The van der Waals surface area contributed by atoms with Gasteiger partial charge in [0.15, 0.2) is 5.78 Å². The normalized spacial score (nSPS) is 10.9. The van der Waals surface area contributed by atoms with Crippen molar-refractivity contribution in [2.75, 3.05) is 0 Å². The second-order valence-corrected chi connectivity index (χ2v) is 4.20. The first-order valence-electron chi connectivity index (χ1n) is 5.81. The highest BCUT2D eigenvalue weighted by atomic mass is 19.1. The van der Waals surface area contributed by atoms with Crippen LogP contribution < -0.4 is 0 Å². The van der Waals surface area contributed by atoms with E-state index >= 15 is 0 Å². The molecule has 3 heteroatoms. The van der Waals surface area contributed by atoms with E-state index in [1.54, 1.807) is 0 Å². The minimum absolute atomic E-state index is 0.522. The van der Waals surface area contributed by atoms with E-state index in [4.69, 9.17) is 0 Å². The quantitative estimate of drug-likeness (QED) is 0.596. The van der Waals surface area contributed by atoms with Crippen LogP contribution in [0.4, 0.5) is 8.78 Å². The standard InChI is InChI=1S/C16H12F2O/c1-11-5-7-12(8-6-11)9-10-15(19)16-13(17)3-2-4-14(16)18/h2-10H,1H3/b10-9+. The molecule has 0 bridgehead atoms. The first kappa shape index (κ1) is 13.1. The third-order valence-electron chi connectivity index (χ3n) is 2.71. The minimum Gasteiger partial charge on any atom is -0.289 e. The van der Waals surface area contributed by atoms with Crippen molar-refractivity contribution < 1.29 is 13.6 Å². The first-order chi connectivity index (χ1) is 9.08. The van der Waals surface area contributed by atoms with Crippen molar-refractivity contribution in [2.45, 2.75) is 6.92 Å². The Morgan fingerprint density at radius 3 is 2.16 bits per heavy atom. The monoisotopic (exact) mass is 258 g/mol. The SMILES string of the molecule is Cc1ccc(/C=C/C(=O)c2c(F)cccc2F)cc1. The Balaban J connectivity index is 2.24. The lowest BCUT2D eigenvalue weighted by Gasteiger charge is -2.00. The fourth-order valence-electron chi connectivity index (χ4n) is 1.67. The Labute approximate surface area is 110 Å². The summed E-state index contributed by atoms with van der Waals surface area (Å²) in [6, 6.07) is 10.8. The largest absolute Gasteiger partial charge is 0.289 e. The Bertz CT molecular complexity index is 607. The Morgan fingerprint density at radius 2 is 1.58 bits per heavy atom. The van der Waals surface area contributed by atoms with Crippen LogP contribution in [0.15, 0.2) is 48.5 Å². The highest BCUT2D eigenvalue weighted by molar-refractivity contribution is 6.07. The maximum atomic E-state index is 13.4. The maximum absolute atomic E-state index is 13.4. The summed E-state index contributed by atoms with van der Waals surface area (Å²) in [5.74, 6) is -2.38. The van der Waals surface area contributed by atoms with Crippen molar-refractivity contribution in [3.63, 3.8) is 0 Å². The van der Waals surface area contributed by atoms with Crippen molar-refractivity contribution in [1.82, 2.24) is 0 Å². The van der Waals surface area contributed by atoms with Crippen LogP contribution in [0.5, 0.6) is 0 Å². The molecule has 2 aromatic carbocycles. The summed E-state index contributed by atoms with van der Waals surface area (Å²) in [4.78, 5) is 11.8. The number of rotatable bonds is 3. The number of hydrogen-bond acceptors (Lipinski definition) is 1. The van der Waals surface area contributed by atoms with Crippen LogP contribution in [0.25, 0.3) is 6.08 Å². The zero-order valence-electron chi connectivity index (χ0n) is 10.4. The predicted octanol–water partition coefficient (Wildman–Crippen LogP) is 4.17. The van der Waals surface area contributed by atoms with E-state index in [9.17, 15) is 13.6 Å². The van der Waals surface area contributed by atoms with Gasteiger partial charge in [0.1, 0.15) is 11.6 Å². The lowest BCUT2D eigenvalue weighted by atomic mass is 10.1. The number of hydrogen-bond donors (Lipinski definition) is 0. The molecule has 0 atom stereocenters. The van der Waals surface area contributed by atoms with Gasteiger partial charge in [-0.3, -0.25) is 4.79 Å². The molecule has 19 heavy (non-hydrogen) atoms. The van der Waals surface area contributed by atoms with Crippen LogP contribution in [-0.4, -0.2) is 5.78 Å². The van der Waals surface area contributed by atoms with Gasteiger partial charge in [-0.25, -0.2) is 8.78 Å². The topological polar surface area (TPSA) is 17.1 Å². The highest BCUT2D eigenvalue weighted by Gasteiger charge is 2.14. The van der Waals surface area contributed by atoms with Gasteiger partial charge in [-0.15, -0.1) is 0 Å². The maximum Gasteiger partial charge on any atom is 0.191 e. The molecule has 0 spiro atoms. The summed E-state index contributed by atoms with van der Waals surface area (Å²) < 4.78 is 26.8. The van der Waals surface area contributed by atoms with E-state index in [0.717, 1.165) is 23.3 Å². The molecule has 0 amide bonds. The third kappa shape index (κ3) is 3.13. The van der Waals surface area contributed by atoms with E-state index in [1.165, 1.54) is 18.2 Å². The van der Waals surface area contributed by atoms with Crippen molar-refractivity contribution in [1.29, 1.82) is 0 Å². The van der Waals surface area contributed by atoms with Crippen LogP contribution in [0, 0.1) is 18.6 Å². The second kappa shape index (κ2) is 5.57. The van der Waals surface area contributed by atoms with Crippen LogP contribution in [0.1, 0.15) is 21.5 Å². The van der Waals surface area contributed by atoms with E-state index in [1.807, 2.05) is 31.2 Å². The molecule has 0 saturated heterocycles. The predicted molar refractivity (Wildman–Crippen MR) is 70.9 cm³/mol. The molecule has 0 unspecified atom stereocenters. The molecule has 2 rings (SSSR count). The van der Waals surface area contributed by atoms with Crippen molar-refractivity contribution in [3.05, 3.63) is 76.9 Å². The first-order valence-corrected chi connectivity index (χ1v) is 5.81. The molecule has 0 aliphatic heterocycles. The van der Waals surface area contributed by atoms with Gasteiger partial charge in [0, 0.05) is 0 Å². The number of carbonyl (C=O) groups is 1. The number of allylic oxidation sites excluding steroid dienone is 1. The van der Waals surface area contributed by atoms with Gasteiger partial charge < -0.3 is 0 Å². The average molecular weight is 258 g/mol. The van der Waals surface area contributed by atoms with Crippen molar-refractivity contribution >= 4 is 11.9 Å². The molecule has 2 aromatic rings. The molecular formula is C16H12F2O. The van der Waals surface area contributed by atoms with Gasteiger partial charge in [-0.1, -0.05) is 42.0 Å². The molecular weight excluding hydrogens is 246 g/mol. The van der Waals surface area contributed by atoms with E-state index in [-0.39, 0.29) is 0 Å². The lowest BCUT2D eigenvalue weighted by Crippen LogP contribution is -2.02. The van der Waals surface area contributed by atoms with Gasteiger partial charge in [-0.05, 0) is 30.7 Å². The molecule has 0 fully saturated rings. The van der Waals surface area contributed by atoms with Gasteiger partial charge in [0.2, 0.25) is 0 Å². The summed E-state index contributed by atoms with van der Waals surface area (Å²) in [5.41, 5.74) is 1.38. The summed E-state index contributed by atoms with van der Waals surface area (Å²) >= 11 is 0. The number of aryl methyl sites for hydroxylation is 1. The highest BCUT2D eigenvalue weighted by Crippen LogP contribution is 2.14. The Morgan fingerprint density at radius 1 is 1.00 bits per heavy atom. The van der Waals surface area contributed by atoms with E-state index in [2.05, 4.69) is 0 Å². The van der Waals surface area contributed by atoms with Crippen LogP contribution in [0.3, 0.4) is 0 Å².